The zero-order valence-electron chi connectivity index (χ0n) is 46.0. The molecule has 3 heteroatoms. The third-order valence-corrected chi connectivity index (χ3v) is 19.7. The molecule has 0 radical (unpaired) electrons. The average Bonchev–Trinajstić information content (AvgIpc) is 3.64. The molecule has 3 aliphatic carbocycles. The van der Waals surface area contributed by atoms with Gasteiger partial charge in [-0.2, -0.15) is 0 Å². The van der Waals surface area contributed by atoms with Gasteiger partial charge >= 0.3 is 6.85 Å². The molecule has 6 aliphatic rings. The molecule has 2 atom stereocenters. The van der Waals surface area contributed by atoms with Crippen molar-refractivity contribution in [2.75, 3.05) is 9.71 Å². The Morgan fingerprint density at radius 3 is 1.69 bits per heavy atom. The lowest BCUT2D eigenvalue weighted by molar-refractivity contribution is 0.195. The zero-order chi connectivity index (χ0) is 49.8. The molecule has 360 valence electrons. The highest BCUT2D eigenvalue weighted by Gasteiger charge is 2.62. The van der Waals surface area contributed by atoms with Crippen molar-refractivity contribution in [1.82, 2.24) is 0 Å². The summed E-state index contributed by atoms with van der Waals surface area (Å²) in [6.07, 6.45) is 7.35. The van der Waals surface area contributed by atoms with Gasteiger partial charge in [-0.05, 0) is 174 Å². The molecular formula is C67H79BN2. The topological polar surface area (TPSA) is 6.48 Å². The largest absolute Gasteiger partial charge is 0.376 e. The van der Waals surface area contributed by atoms with E-state index in [1.807, 2.05) is 0 Å². The molecule has 1 saturated carbocycles. The SMILES string of the molecule is CC(C)(C)c1ccc(N2B3c4cc(C(C)(C)C)cc5c4N(c4cc(C(C)(C)C)cc(c43)-c3cc4c(cc32)C(C)(C)c2cc3c(cc2-4)C(C)(C)CCC3(C)C)C2(C)CCCCC52C)c(-c2ccccc2)c1. The Morgan fingerprint density at radius 2 is 1.03 bits per heavy atom. The molecule has 0 spiro atoms. The quantitative estimate of drug-likeness (QED) is 0.160. The fourth-order valence-electron chi connectivity index (χ4n) is 14.8. The van der Waals surface area contributed by atoms with Gasteiger partial charge < -0.3 is 9.71 Å². The van der Waals surface area contributed by atoms with E-state index in [1.54, 1.807) is 16.7 Å². The Kier molecular flexibility index (Phi) is 9.31. The van der Waals surface area contributed by atoms with Gasteiger partial charge in [0.05, 0.1) is 5.54 Å². The first-order chi connectivity index (χ1) is 32.6. The molecule has 0 aromatic heterocycles. The minimum Gasteiger partial charge on any atom is -0.376 e. The monoisotopic (exact) mass is 923 g/mol. The van der Waals surface area contributed by atoms with E-state index in [2.05, 4.69) is 224 Å². The summed E-state index contributed by atoms with van der Waals surface area (Å²) < 4.78 is 0. The van der Waals surface area contributed by atoms with Crippen LogP contribution in [0.5, 0.6) is 0 Å². The van der Waals surface area contributed by atoms with Gasteiger partial charge in [-0.3, -0.25) is 0 Å². The summed E-state index contributed by atoms with van der Waals surface area (Å²) in [6, 6.07) is 40.2. The van der Waals surface area contributed by atoms with Gasteiger partial charge in [-0.1, -0.05) is 184 Å². The summed E-state index contributed by atoms with van der Waals surface area (Å²) >= 11 is 0. The molecule has 3 heterocycles. The van der Waals surface area contributed by atoms with Gasteiger partial charge in [-0.15, -0.1) is 0 Å². The molecule has 1 fully saturated rings. The van der Waals surface area contributed by atoms with E-state index in [-0.39, 0.29) is 50.3 Å². The minimum absolute atomic E-state index is 0.00628. The summed E-state index contributed by atoms with van der Waals surface area (Å²) in [6.45, 7) is 41.9. The van der Waals surface area contributed by atoms with Crippen LogP contribution >= 0.6 is 0 Å². The van der Waals surface area contributed by atoms with E-state index in [9.17, 15) is 0 Å². The molecule has 12 rings (SSSR count). The van der Waals surface area contributed by atoms with Crippen molar-refractivity contribution in [1.29, 1.82) is 0 Å². The Balaban J connectivity index is 1.25. The maximum atomic E-state index is 2.94. The predicted molar refractivity (Wildman–Crippen MR) is 303 cm³/mol. The predicted octanol–water partition coefficient (Wildman–Crippen LogP) is 16.9. The second kappa shape index (κ2) is 14.1. The van der Waals surface area contributed by atoms with Crippen LogP contribution in [0.3, 0.4) is 0 Å². The smallest absolute Gasteiger partial charge is 0.333 e. The molecule has 0 saturated heterocycles. The fourth-order valence-corrected chi connectivity index (χ4v) is 14.8. The summed E-state index contributed by atoms with van der Waals surface area (Å²) in [4.78, 5) is 5.81. The Morgan fingerprint density at radius 1 is 0.443 bits per heavy atom. The van der Waals surface area contributed by atoms with Gasteiger partial charge in [0.25, 0.3) is 0 Å². The van der Waals surface area contributed by atoms with Crippen LogP contribution in [0.1, 0.15) is 201 Å². The van der Waals surface area contributed by atoms with Gasteiger partial charge in [0.2, 0.25) is 0 Å². The highest BCUT2D eigenvalue weighted by molar-refractivity contribution is 6.93. The van der Waals surface area contributed by atoms with Gasteiger partial charge in [0.15, 0.2) is 0 Å². The molecule has 70 heavy (non-hydrogen) atoms. The maximum Gasteiger partial charge on any atom is 0.333 e. The van der Waals surface area contributed by atoms with Crippen LogP contribution in [0.25, 0.3) is 33.4 Å². The van der Waals surface area contributed by atoms with Crippen molar-refractivity contribution in [3.63, 3.8) is 0 Å². The van der Waals surface area contributed by atoms with E-state index in [1.165, 1.54) is 133 Å². The Bertz CT molecular complexity index is 3230. The second-order valence-corrected chi connectivity index (χ2v) is 28.4. The summed E-state index contributed by atoms with van der Waals surface area (Å²) in [7, 11) is 0. The zero-order valence-corrected chi connectivity index (χ0v) is 46.0. The first kappa shape index (κ1) is 46.1. The van der Waals surface area contributed by atoms with E-state index in [4.69, 9.17) is 0 Å². The summed E-state index contributed by atoms with van der Waals surface area (Å²) in [5.74, 6) is 0. The Hall–Kier alpha value is -5.02. The Labute approximate surface area is 422 Å². The third kappa shape index (κ3) is 6.11. The number of nitrogens with zero attached hydrogens (tertiary/aromatic N) is 2. The van der Waals surface area contributed by atoms with E-state index in [0.29, 0.717) is 0 Å². The van der Waals surface area contributed by atoms with Crippen LogP contribution < -0.4 is 20.6 Å². The van der Waals surface area contributed by atoms with Gasteiger partial charge in [0.1, 0.15) is 0 Å². The average molecular weight is 923 g/mol. The number of fused-ring (bicyclic) bond motifs is 11. The van der Waals surface area contributed by atoms with Crippen LogP contribution in [0, 0.1) is 0 Å². The summed E-state index contributed by atoms with van der Waals surface area (Å²) in [5, 5.41) is 0. The van der Waals surface area contributed by atoms with Crippen LogP contribution in [-0.2, 0) is 37.9 Å². The normalized spacial score (nSPS) is 23.0. The number of hydrogen-bond donors (Lipinski definition) is 0. The van der Waals surface area contributed by atoms with E-state index < -0.39 is 0 Å². The molecule has 0 N–H and O–H groups in total. The third-order valence-electron chi connectivity index (χ3n) is 19.7. The second-order valence-electron chi connectivity index (χ2n) is 28.4. The van der Waals surface area contributed by atoms with E-state index >= 15 is 0 Å². The number of rotatable bonds is 2. The molecule has 6 aromatic rings. The van der Waals surface area contributed by atoms with Gasteiger partial charge in [0, 0.05) is 44.7 Å². The highest BCUT2D eigenvalue weighted by Crippen LogP contribution is 2.64. The molecule has 6 aromatic carbocycles. The van der Waals surface area contributed by atoms with Gasteiger partial charge in [-0.25, -0.2) is 0 Å². The fraction of sp³-hybridized carbons (Fsp3) is 0.463. The molecule has 0 amide bonds. The van der Waals surface area contributed by atoms with Crippen molar-refractivity contribution in [3.05, 3.63) is 142 Å². The first-order valence-electron chi connectivity index (χ1n) is 27.1. The highest BCUT2D eigenvalue weighted by atomic mass is 15.3. The lowest BCUT2D eigenvalue weighted by atomic mass is 9.42. The molecule has 0 bridgehead atoms. The maximum absolute atomic E-state index is 2.94. The van der Waals surface area contributed by atoms with Crippen molar-refractivity contribution >= 4 is 40.5 Å². The molecule has 2 unspecified atom stereocenters. The summed E-state index contributed by atoms with van der Waals surface area (Å²) in [5.41, 5.74) is 28.4. The number of anilines is 4. The van der Waals surface area contributed by atoms with Crippen molar-refractivity contribution < 1.29 is 0 Å². The van der Waals surface area contributed by atoms with Crippen molar-refractivity contribution in [3.8, 4) is 33.4 Å². The molecular weight excluding hydrogens is 844 g/mol. The van der Waals surface area contributed by atoms with Crippen molar-refractivity contribution in [2.24, 2.45) is 0 Å². The van der Waals surface area contributed by atoms with E-state index in [0.717, 1.165) is 0 Å². The number of benzene rings is 6. The standard InChI is InChI=1S/C67H79BN2/c1-60(2,3)41-25-26-55(44(31-41)40-23-19-18-20-24-40)70-56-39-50-45(46-37-51-52(38-49(46)65(50,14)15)64(12,13)30-29-63(51,10)11)36-47(56)48-32-42(61(4,5)6)35-57-58(48)68(70)54-34-43(62(7,8)9)33-53-59(54)69(57)67(17)28-22-21-27-66(53,67)16/h18-20,23-26,31-39H,21-22,27-30H2,1-17H3. The van der Waals surface area contributed by atoms with Crippen LogP contribution in [0.4, 0.5) is 22.7 Å². The number of hydrogen-bond acceptors (Lipinski definition) is 2. The lowest BCUT2D eigenvalue weighted by Gasteiger charge is -2.53. The van der Waals surface area contributed by atoms with Crippen LogP contribution in [0.2, 0.25) is 0 Å². The first-order valence-corrected chi connectivity index (χ1v) is 27.1. The van der Waals surface area contributed by atoms with Crippen LogP contribution in [-0.4, -0.2) is 12.4 Å². The molecule has 3 aliphatic heterocycles. The molecule has 2 nitrogen and oxygen atoms in total. The lowest BCUT2D eigenvalue weighted by Crippen LogP contribution is -2.65. The minimum atomic E-state index is -0.190. The van der Waals surface area contributed by atoms with Crippen molar-refractivity contribution in [2.45, 2.75) is 200 Å². The van der Waals surface area contributed by atoms with Crippen LogP contribution in [0.15, 0.2) is 97.1 Å².